The Morgan fingerprint density at radius 2 is 1.67 bits per heavy atom. The van der Waals surface area contributed by atoms with Crippen molar-refractivity contribution in [1.29, 1.82) is 0 Å². The van der Waals surface area contributed by atoms with Gasteiger partial charge >= 0.3 is 0 Å². The Hall–Kier alpha value is -4.37. The summed E-state index contributed by atoms with van der Waals surface area (Å²) in [5, 5.41) is 10.5. The number of rotatable bonds is 7. The summed E-state index contributed by atoms with van der Waals surface area (Å²) in [7, 11) is 2.98. The first-order chi connectivity index (χ1) is 17.3. The molecule has 1 heterocycles. The van der Waals surface area contributed by atoms with Crippen LogP contribution in [0.2, 0.25) is 5.02 Å². The number of aromatic nitrogens is 2. The summed E-state index contributed by atoms with van der Waals surface area (Å²) < 4.78 is 11.5. The van der Waals surface area contributed by atoms with Crippen LogP contribution in [0.25, 0.3) is 16.5 Å². The molecule has 4 aromatic rings. The van der Waals surface area contributed by atoms with Gasteiger partial charge in [-0.2, -0.15) is 9.78 Å². The predicted molar refractivity (Wildman–Crippen MR) is 138 cm³/mol. The minimum Gasteiger partial charge on any atom is -0.495 e. The summed E-state index contributed by atoms with van der Waals surface area (Å²) in [5.41, 5.74) is 1.34. The van der Waals surface area contributed by atoms with Gasteiger partial charge in [0.1, 0.15) is 11.5 Å². The highest BCUT2D eigenvalue weighted by Crippen LogP contribution is 2.27. The second-order valence-electron chi connectivity index (χ2n) is 7.86. The molecule has 0 unspecified atom stereocenters. The summed E-state index contributed by atoms with van der Waals surface area (Å²) in [6.45, 7) is 1.57. The van der Waals surface area contributed by atoms with Gasteiger partial charge in [-0.3, -0.25) is 14.4 Å². The van der Waals surface area contributed by atoms with E-state index in [4.69, 9.17) is 21.1 Å². The van der Waals surface area contributed by atoms with E-state index in [-0.39, 0.29) is 17.3 Å². The molecule has 0 atom stereocenters. The fourth-order valence-corrected chi connectivity index (χ4v) is 3.93. The third-order valence-corrected chi connectivity index (χ3v) is 5.73. The molecule has 0 saturated carbocycles. The second-order valence-corrected chi connectivity index (χ2v) is 8.27. The molecule has 9 nitrogen and oxygen atoms in total. The van der Waals surface area contributed by atoms with Crippen molar-refractivity contribution >= 4 is 39.9 Å². The van der Waals surface area contributed by atoms with E-state index >= 15 is 0 Å². The number of nitrogens with zero attached hydrogens (tertiary/aromatic N) is 2. The minimum absolute atomic E-state index is 0.0157. The van der Waals surface area contributed by atoms with Gasteiger partial charge < -0.3 is 20.1 Å². The number of hydrogen-bond acceptors (Lipinski definition) is 6. The Morgan fingerprint density at radius 3 is 2.36 bits per heavy atom. The Labute approximate surface area is 211 Å². The van der Waals surface area contributed by atoms with Gasteiger partial charge in [-0.1, -0.05) is 35.9 Å². The van der Waals surface area contributed by atoms with E-state index in [0.29, 0.717) is 33.6 Å². The van der Waals surface area contributed by atoms with E-state index in [1.54, 1.807) is 48.5 Å². The van der Waals surface area contributed by atoms with Gasteiger partial charge in [0.2, 0.25) is 5.91 Å². The van der Waals surface area contributed by atoms with Gasteiger partial charge in [0.25, 0.3) is 11.5 Å². The molecular formula is C26H23ClN4O5. The predicted octanol–water partition coefficient (Wildman–Crippen LogP) is 3.73. The standard InChI is InChI=1S/C26H23ClN4O5/c1-15-8-10-22(36-3)20(12-15)29-23(32)14-28-25(33)24-17-6-4-5-7-18(17)26(34)31(30-24)16-9-11-21(35-2)19(27)13-16/h4-13H,14H2,1-3H3,(H,28,33)(H,29,32). The number of ether oxygens (including phenoxy) is 2. The van der Waals surface area contributed by atoms with Crippen LogP contribution in [0.5, 0.6) is 11.5 Å². The highest BCUT2D eigenvalue weighted by Gasteiger charge is 2.19. The topological polar surface area (TPSA) is 112 Å². The van der Waals surface area contributed by atoms with Crippen molar-refractivity contribution in [2.24, 2.45) is 0 Å². The lowest BCUT2D eigenvalue weighted by Gasteiger charge is -2.13. The average molecular weight is 507 g/mol. The fraction of sp³-hybridized carbons (Fsp3) is 0.154. The first-order valence-electron chi connectivity index (χ1n) is 10.9. The van der Waals surface area contributed by atoms with Gasteiger partial charge in [-0.15, -0.1) is 0 Å². The molecule has 2 amide bonds. The third-order valence-electron chi connectivity index (χ3n) is 5.44. The average Bonchev–Trinajstić information content (AvgIpc) is 2.88. The van der Waals surface area contributed by atoms with E-state index in [0.717, 1.165) is 10.2 Å². The van der Waals surface area contributed by atoms with Crippen LogP contribution >= 0.6 is 11.6 Å². The van der Waals surface area contributed by atoms with Gasteiger partial charge in [-0.05, 0) is 48.9 Å². The minimum atomic E-state index is -0.620. The van der Waals surface area contributed by atoms with Gasteiger partial charge in [0, 0.05) is 5.39 Å². The van der Waals surface area contributed by atoms with Crippen LogP contribution in [-0.4, -0.2) is 42.4 Å². The number of hydrogen-bond donors (Lipinski definition) is 2. The molecule has 1 aromatic heterocycles. The van der Waals surface area contributed by atoms with Crippen molar-refractivity contribution < 1.29 is 19.1 Å². The summed E-state index contributed by atoms with van der Waals surface area (Å²) in [4.78, 5) is 38.8. The molecule has 0 aliphatic rings. The van der Waals surface area contributed by atoms with Crippen LogP contribution in [-0.2, 0) is 4.79 Å². The zero-order valence-electron chi connectivity index (χ0n) is 19.8. The molecule has 184 valence electrons. The Bertz CT molecular complexity index is 1530. The zero-order chi connectivity index (χ0) is 25.8. The van der Waals surface area contributed by atoms with E-state index in [1.807, 2.05) is 13.0 Å². The van der Waals surface area contributed by atoms with Crippen LogP contribution in [0.1, 0.15) is 16.1 Å². The van der Waals surface area contributed by atoms with E-state index in [2.05, 4.69) is 15.7 Å². The summed E-state index contributed by atoms with van der Waals surface area (Å²) in [5.74, 6) is -0.139. The molecule has 36 heavy (non-hydrogen) atoms. The van der Waals surface area contributed by atoms with Crippen LogP contribution in [0.15, 0.2) is 65.5 Å². The van der Waals surface area contributed by atoms with Crippen molar-refractivity contribution in [3.05, 3.63) is 87.3 Å². The second kappa shape index (κ2) is 10.5. The Morgan fingerprint density at radius 1 is 0.972 bits per heavy atom. The number of carbonyl (C=O) groups is 2. The number of aryl methyl sites for hydroxylation is 1. The van der Waals surface area contributed by atoms with Crippen molar-refractivity contribution in [3.63, 3.8) is 0 Å². The first-order valence-corrected chi connectivity index (χ1v) is 11.3. The first kappa shape index (κ1) is 24.7. The van der Waals surface area contributed by atoms with Gasteiger partial charge in [0.15, 0.2) is 5.69 Å². The molecular weight excluding hydrogens is 484 g/mol. The molecule has 0 fully saturated rings. The number of nitrogens with one attached hydrogen (secondary N) is 2. The number of amides is 2. The number of fused-ring (bicyclic) bond motifs is 1. The van der Waals surface area contributed by atoms with Crippen LogP contribution in [0, 0.1) is 6.92 Å². The van der Waals surface area contributed by atoms with Crippen LogP contribution < -0.4 is 25.7 Å². The van der Waals surface area contributed by atoms with E-state index in [9.17, 15) is 14.4 Å². The quantitative estimate of drug-likeness (QED) is 0.395. The van der Waals surface area contributed by atoms with Crippen molar-refractivity contribution in [2.45, 2.75) is 6.92 Å². The van der Waals surface area contributed by atoms with E-state index < -0.39 is 17.4 Å². The Balaban J connectivity index is 1.63. The third kappa shape index (κ3) is 5.01. The largest absolute Gasteiger partial charge is 0.495 e. The summed E-state index contributed by atoms with van der Waals surface area (Å²) >= 11 is 6.23. The van der Waals surface area contributed by atoms with Crippen molar-refractivity contribution in [3.8, 4) is 17.2 Å². The molecule has 0 radical (unpaired) electrons. The van der Waals surface area contributed by atoms with E-state index in [1.165, 1.54) is 20.3 Å². The molecule has 0 spiro atoms. The summed E-state index contributed by atoms with van der Waals surface area (Å²) in [6.07, 6.45) is 0. The molecule has 4 rings (SSSR count). The lowest BCUT2D eigenvalue weighted by molar-refractivity contribution is -0.115. The number of methoxy groups -OCH3 is 2. The number of benzene rings is 3. The lowest BCUT2D eigenvalue weighted by Crippen LogP contribution is -2.35. The molecule has 0 bridgehead atoms. The normalized spacial score (nSPS) is 10.7. The summed E-state index contributed by atoms with van der Waals surface area (Å²) in [6, 6.07) is 16.7. The maximum Gasteiger partial charge on any atom is 0.279 e. The van der Waals surface area contributed by atoms with Gasteiger partial charge in [0.05, 0.1) is 42.5 Å². The lowest BCUT2D eigenvalue weighted by atomic mass is 10.1. The SMILES string of the molecule is COc1ccc(-n2nc(C(=O)NCC(=O)Nc3cc(C)ccc3OC)c3ccccc3c2=O)cc1Cl. The molecule has 0 aliphatic heterocycles. The van der Waals surface area contributed by atoms with Crippen molar-refractivity contribution in [1.82, 2.24) is 15.1 Å². The molecule has 3 aromatic carbocycles. The zero-order valence-corrected chi connectivity index (χ0v) is 20.6. The van der Waals surface area contributed by atoms with Crippen molar-refractivity contribution in [2.75, 3.05) is 26.1 Å². The van der Waals surface area contributed by atoms with Crippen LogP contribution in [0.4, 0.5) is 5.69 Å². The van der Waals surface area contributed by atoms with Gasteiger partial charge in [-0.25, -0.2) is 0 Å². The Kier molecular flexibility index (Phi) is 7.21. The smallest absolute Gasteiger partial charge is 0.279 e. The number of carbonyl (C=O) groups excluding carboxylic acids is 2. The molecule has 0 saturated heterocycles. The van der Waals surface area contributed by atoms with Crippen LogP contribution in [0.3, 0.4) is 0 Å². The maximum absolute atomic E-state index is 13.1. The number of anilines is 1. The number of halogens is 1. The highest BCUT2D eigenvalue weighted by molar-refractivity contribution is 6.32. The molecule has 2 N–H and O–H groups in total. The monoisotopic (exact) mass is 506 g/mol. The molecule has 0 aliphatic carbocycles. The molecule has 10 heteroatoms. The fourth-order valence-electron chi connectivity index (χ4n) is 3.68. The highest BCUT2D eigenvalue weighted by atomic mass is 35.5. The maximum atomic E-state index is 13.1.